The average molecular weight is 1090 g/mol. The van der Waals surface area contributed by atoms with E-state index in [1.54, 1.807) is 6.08 Å². The Labute approximate surface area is 471 Å². The van der Waals surface area contributed by atoms with E-state index in [0.29, 0.717) is 19.4 Å². The maximum absolute atomic E-state index is 13.0. The number of carbonyl (C=O) groups is 2. The molecule has 0 spiro atoms. The minimum absolute atomic E-state index is 0.00913. The van der Waals surface area contributed by atoms with Gasteiger partial charge in [0.1, 0.15) is 24.4 Å². The minimum atomic E-state index is -1.58. The van der Waals surface area contributed by atoms with Crippen LogP contribution >= 0.6 is 0 Å². The number of aliphatic hydroxyl groups excluding tert-OH is 5. The Hall–Kier alpha value is -2.64. The normalized spacial score (nSPS) is 19.0. The summed E-state index contributed by atoms with van der Waals surface area (Å²) in [6.07, 6.45) is 62.0. The van der Waals surface area contributed by atoms with E-state index in [4.69, 9.17) is 14.2 Å². The third kappa shape index (κ3) is 44.8. The summed E-state index contributed by atoms with van der Waals surface area (Å²) in [6, 6.07) is -0.835. The van der Waals surface area contributed by atoms with Gasteiger partial charge in [0, 0.05) is 12.8 Å². The number of aliphatic hydroxyl groups is 5. The summed E-state index contributed by atoms with van der Waals surface area (Å²) < 4.78 is 16.7. The fourth-order valence-corrected chi connectivity index (χ4v) is 9.71. The minimum Gasteiger partial charge on any atom is -0.466 e. The third-order valence-corrected chi connectivity index (χ3v) is 14.8. The number of hydrogen-bond donors (Lipinski definition) is 6. The van der Waals surface area contributed by atoms with E-state index in [1.807, 2.05) is 6.08 Å². The van der Waals surface area contributed by atoms with Crippen molar-refractivity contribution in [3.63, 3.8) is 0 Å². The van der Waals surface area contributed by atoms with E-state index in [9.17, 15) is 35.1 Å². The topological polar surface area (TPSA) is 175 Å². The zero-order valence-corrected chi connectivity index (χ0v) is 49.4. The maximum Gasteiger partial charge on any atom is 0.305 e. The lowest BCUT2D eigenvalue weighted by Crippen LogP contribution is -2.60. The van der Waals surface area contributed by atoms with E-state index in [2.05, 4.69) is 67.8 Å². The van der Waals surface area contributed by atoms with Gasteiger partial charge in [0.05, 0.1) is 32.0 Å². The van der Waals surface area contributed by atoms with Crippen LogP contribution in [0.3, 0.4) is 0 Å². The number of hydrogen-bond acceptors (Lipinski definition) is 10. The van der Waals surface area contributed by atoms with Crippen molar-refractivity contribution in [2.75, 3.05) is 19.8 Å². The predicted molar refractivity (Wildman–Crippen MR) is 320 cm³/mol. The van der Waals surface area contributed by atoms with Gasteiger partial charge in [-0.3, -0.25) is 9.59 Å². The van der Waals surface area contributed by atoms with Crippen molar-refractivity contribution in [3.05, 3.63) is 60.8 Å². The lowest BCUT2D eigenvalue weighted by molar-refractivity contribution is -0.302. The summed E-state index contributed by atoms with van der Waals surface area (Å²) in [7, 11) is 0. The van der Waals surface area contributed by atoms with E-state index < -0.39 is 49.5 Å². The first-order valence-electron chi connectivity index (χ1n) is 32.1. The second kappa shape index (κ2) is 55.3. The van der Waals surface area contributed by atoms with Crippen LogP contribution in [-0.2, 0) is 23.8 Å². The summed E-state index contributed by atoms with van der Waals surface area (Å²) in [6.45, 7) is 4.26. The summed E-state index contributed by atoms with van der Waals surface area (Å²) >= 11 is 0. The van der Waals surface area contributed by atoms with Crippen molar-refractivity contribution >= 4 is 11.9 Å². The summed E-state index contributed by atoms with van der Waals surface area (Å²) in [5.41, 5.74) is 0. The Morgan fingerprint density at radius 3 is 1.39 bits per heavy atom. The molecule has 0 radical (unpaired) electrons. The molecule has 0 aliphatic carbocycles. The van der Waals surface area contributed by atoms with E-state index in [1.165, 1.54) is 167 Å². The molecule has 448 valence electrons. The molecule has 11 heteroatoms. The van der Waals surface area contributed by atoms with Gasteiger partial charge in [0.25, 0.3) is 0 Å². The molecule has 0 aromatic rings. The number of esters is 1. The van der Waals surface area contributed by atoms with Crippen LogP contribution < -0.4 is 5.32 Å². The molecule has 1 heterocycles. The van der Waals surface area contributed by atoms with Crippen LogP contribution in [-0.4, -0.2) is 100 Å². The largest absolute Gasteiger partial charge is 0.466 e. The zero-order valence-electron chi connectivity index (χ0n) is 49.4. The van der Waals surface area contributed by atoms with Crippen molar-refractivity contribution in [1.29, 1.82) is 0 Å². The smallest absolute Gasteiger partial charge is 0.305 e. The van der Waals surface area contributed by atoms with Gasteiger partial charge >= 0.3 is 5.97 Å². The van der Waals surface area contributed by atoms with Crippen molar-refractivity contribution in [2.45, 2.75) is 326 Å². The standard InChI is InChI=1S/C66H119NO10/c1-3-5-7-9-11-13-14-15-16-24-28-31-34-38-42-46-50-54-62(71)75-55-51-47-43-39-35-32-29-26-23-21-19-17-18-20-22-25-27-30-33-37-41-45-49-53-61(70)67-58(59(69)52-48-44-40-36-12-10-8-6-4-2)57-76-66-65(74)64(73)63(72)60(56-68)77-66/h12,15-17,19-20,22,36,48,52,58-60,63-66,68-69,72-74H,3-11,13-14,18,21,23-35,37-47,49-51,53-57H2,1-2H3,(H,67,70)/b16-15-,19-17-,22-20-,36-12+,52-48+. The van der Waals surface area contributed by atoms with Gasteiger partial charge < -0.3 is 45.1 Å². The maximum atomic E-state index is 13.0. The SMILES string of the molecule is CCCCC/C=C/CC/C=C/C(O)C(COC1OC(CO)C(O)C(O)C1O)NC(=O)CCCCCCCCC/C=C\C/C=C\CCCCCCCCCCCOC(=O)CCCCCCCCC/C=C\CCCCCCCC. The van der Waals surface area contributed by atoms with E-state index in [0.717, 1.165) is 89.9 Å². The van der Waals surface area contributed by atoms with Crippen LogP contribution in [0.5, 0.6) is 0 Å². The van der Waals surface area contributed by atoms with Crippen LogP contribution in [0, 0.1) is 0 Å². The van der Waals surface area contributed by atoms with Gasteiger partial charge in [-0.25, -0.2) is 0 Å². The number of allylic oxidation sites excluding steroid dienone is 9. The number of rotatable bonds is 55. The highest BCUT2D eigenvalue weighted by atomic mass is 16.7. The summed E-state index contributed by atoms with van der Waals surface area (Å²) in [5, 5.41) is 54.2. The highest BCUT2D eigenvalue weighted by molar-refractivity contribution is 5.76. The quantitative estimate of drug-likeness (QED) is 0.0195. The van der Waals surface area contributed by atoms with Crippen LogP contribution in [0.1, 0.15) is 284 Å². The first-order chi connectivity index (χ1) is 37.7. The number of nitrogens with one attached hydrogen (secondary N) is 1. The molecule has 0 bridgehead atoms. The highest BCUT2D eigenvalue weighted by Gasteiger charge is 2.44. The van der Waals surface area contributed by atoms with Crippen molar-refractivity contribution in [1.82, 2.24) is 5.32 Å². The van der Waals surface area contributed by atoms with Crippen molar-refractivity contribution < 1.29 is 49.3 Å². The third-order valence-electron chi connectivity index (χ3n) is 14.8. The van der Waals surface area contributed by atoms with Gasteiger partial charge in [-0.2, -0.15) is 0 Å². The average Bonchev–Trinajstić information content (AvgIpc) is 3.43. The second-order valence-electron chi connectivity index (χ2n) is 22.1. The molecule has 1 aliphatic heterocycles. The van der Waals surface area contributed by atoms with Gasteiger partial charge in [-0.05, 0) is 103 Å². The molecule has 7 unspecified atom stereocenters. The lowest BCUT2D eigenvalue weighted by atomic mass is 9.99. The van der Waals surface area contributed by atoms with Crippen molar-refractivity contribution in [3.8, 4) is 0 Å². The van der Waals surface area contributed by atoms with Gasteiger partial charge in [-0.15, -0.1) is 0 Å². The number of amides is 1. The molecule has 1 amide bonds. The van der Waals surface area contributed by atoms with Gasteiger partial charge in [0.2, 0.25) is 5.91 Å². The molecule has 77 heavy (non-hydrogen) atoms. The molecule has 7 atom stereocenters. The molecule has 1 saturated heterocycles. The van der Waals surface area contributed by atoms with Crippen LogP contribution in [0.2, 0.25) is 0 Å². The lowest BCUT2D eigenvalue weighted by Gasteiger charge is -2.40. The van der Waals surface area contributed by atoms with Crippen LogP contribution in [0.25, 0.3) is 0 Å². The number of carbonyl (C=O) groups excluding carboxylic acids is 2. The Balaban J connectivity index is 2.00. The molecule has 0 aromatic heterocycles. The van der Waals surface area contributed by atoms with Crippen LogP contribution in [0.15, 0.2) is 60.8 Å². The highest BCUT2D eigenvalue weighted by Crippen LogP contribution is 2.23. The first kappa shape index (κ1) is 72.4. The Morgan fingerprint density at radius 2 is 0.883 bits per heavy atom. The number of ether oxygens (including phenoxy) is 3. The van der Waals surface area contributed by atoms with E-state index in [-0.39, 0.29) is 18.5 Å². The Morgan fingerprint density at radius 1 is 0.481 bits per heavy atom. The van der Waals surface area contributed by atoms with E-state index >= 15 is 0 Å². The van der Waals surface area contributed by atoms with Gasteiger partial charge in [-0.1, -0.05) is 229 Å². The fourth-order valence-electron chi connectivity index (χ4n) is 9.71. The predicted octanol–water partition coefficient (Wildman–Crippen LogP) is 15.4. The second-order valence-corrected chi connectivity index (χ2v) is 22.1. The molecule has 1 fully saturated rings. The Bertz CT molecular complexity index is 1460. The molecule has 1 aliphatic rings. The summed E-state index contributed by atoms with van der Waals surface area (Å²) in [5.74, 6) is -0.215. The molecule has 11 nitrogen and oxygen atoms in total. The molecule has 0 saturated carbocycles. The molecular weight excluding hydrogens is 967 g/mol. The first-order valence-corrected chi connectivity index (χ1v) is 32.1. The van der Waals surface area contributed by atoms with Gasteiger partial charge in [0.15, 0.2) is 6.29 Å². The zero-order chi connectivity index (χ0) is 55.9. The monoisotopic (exact) mass is 1090 g/mol. The Kier molecular flexibility index (Phi) is 52.0. The molecule has 0 aromatic carbocycles. The molecule has 1 rings (SSSR count). The number of unbranched alkanes of at least 4 members (excludes halogenated alkanes) is 33. The fraction of sp³-hybridized carbons (Fsp3) is 0.818. The molecule has 6 N–H and O–H groups in total. The summed E-state index contributed by atoms with van der Waals surface area (Å²) in [4.78, 5) is 25.1. The van der Waals surface area contributed by atoms with Crippen LogP contribution in [0.4, 0.5) is 0 Å². The molecular formula is C66H119NO10. The van der Waals surface area contributed by atoms with Crippen molar-refractivity contribution in [2.24, 2.45) is 0 Å².